The minimum atomic E-state index is -0.533. The minimum Gasteiger partial charge on any atom is -0.497 e. The van der Waals surface area contributed by atoms with E-state index >= 15 is 0 Å². The summed E-state index contributed by atoms with van der Waals surface area (Å²) in [7, 11) is 1.63. The molecule has 1 aliphatic rings. The van der Waals surface area contributed by atoms with Crippen molar-refractivity contribution in [2.75, 3.05) is 7.11 Å². The average molecular weight is 330 g/mol. The molecule has 6 heteroatoms. The highest BCUT2D eigenvalue weighted by Gasteiger charge is 2.38. The molecule has 1 aromatic heterocycles. The zero-order valence-electron chi connectivity index (χ0n) is 12.1. The molecule has 0 spiro atoms. The van der Waals surface area contributed by atoms with Crippen LogP contribution in [-0.2, 0) is 4.79 Å². The predicted molar refractivity (Wildman–Crippen MR) is 90.9 cm³/mol. The normalized spacial score (nSPS) is 19.9. The summed E-state index contributed by atoms with van der Waals surface area (Å²) in [6.07, 6.45) is 3.52. The summed E-state index contributed by atoms with van der Waals surface area (Å²) < 4.78 is 5.19. The predicted octanol–water partition coefficient (Wildman–Crippen LogP) is 3.88. The van der Waals surface area contributed by atoms with Gasteiger partial charge in [0.1, 0.15) is 16.7 Å². The SMILES string of the molecule is COc1ccc(C=C2SC(=N)C(c3nccs3)C2=O)c(C)c1. The van der Waals surface area contributed by atoms with Gasteiger partial charge in [0, 0.05) is 11.6 Å². The zero-order valence-corrected chi connectivity index (χ0v) is 13.8. The van der Waals surface area contributed by atoms with Crippen LogP contribution in [0.3, 0.4) is 0 Å². The molecule has 4 nitrogen and oxygen atoms in total. The summed E-state index contributed by atoms with van der Waals surface area (Å²) in [6.45, 7) is 1.97. The number of rotatable bonds is 3. The van der Waals surface area contributed by atoms with Crippen molar-refractivity contribution in [2.45, 2.75) is 12.8 Å². The number of ketones is 1. The maximum absolute atomic E-state index is 12.6. The van der Waals surface area contributed by atoms with E-state index in [-0.39, 0.29) is 5.78 Å². The quantitative estimate of drug-likeness (QED) is 0.868. The highest BCUT2D eigenvalue weighted by molar-refractivity contribution is 8.19. The van der Waals surface area contributed by atoms with Crippen LogP contribution in [0.2, 0.25) is 0 Å². The first-order valence-corrected chi connectivity index (χ1v) is 8.36. The summed E-state index contributed by atoms with van der Waals surface area (Å²) >= 11 is 2.64. The van der Waals surface area contributed by atoms with E-state index < -0.39 is 5.92 Å². The Labute approximate surface area is 136 Å². The first kappa shape index (κ1) is 15.0. The Balaban J connectivity index is 1.93. The van der Waals surface area contributed by atoms with Crippen LogP contribution in [0.4, 0.5) is 0 Å². The molecule has 22 heavy (non-hydrogen) atoms. The molecule has 2 aromatic rings. The van der Waals surface area contributed by atoms with Crippen LogP contribution in [0.1, 0.15) is 22.1 Å². The van der Waals surface area contributed by atoms with Gasteiger partial charge in [0.15, 0.2) is 5.78 Å². The van der Waals surface area contributed by atoms with E-state index in [0.29, 0.717) is 15.0 Å². The number of methoxy groups -OCH3 is 1. The van der Waals surface area contributed by atoms with Gasteiger partial charge in [0.25, 0.3) is 0 Å². The van der Waals surface area contributed by atoms with Gasteiger partial charge in [0.05, 0.1) is 17.1 Å². The molecule has 2 heterocycles. The fraction of sp³-hybridized carbons (Fsp3) is 0.188. The third kappa shape index (κ3) is 2.71. The average Bonchev–Trinajstić information content (AvgIpc) is 3.10. The molecule has 1 atom stereocenters. The Bertz CT molecular complexity index is 766. The monoisotopic (exact) mass is 330 g/mol. The molecule has 0 radical (unpaired) electrons. The molecule has 1 N–H and O–H groups in total. The van der Waals surface area contributed by atoms with E-state index in [1.54, 1.807) is 13.3 Å². The number of hydrogen-bond donors (Lipinski definition) is 1. The number of carbonyl (C=O) groups is 1. The van der Waals surface area contributed by atoms with E-state index in [0.717, 1.165) is 16.9 Å². The van der Waals surface area contributed by atoms with E-state index in [1.165, 1.54) is 23.1 Å². The lowest BCUT2D eigenvalue weighted by Crippen LogP contribution is -2.11. The van der Waals surface area contributed by atoms with Crippen LogP contribution in [-0.4, -0.2) is 22.9 Å². The number of carbonyl (C=O) groups excluding carboxylic acids is 1. The number of benzene rings is 1. The topological polar surface area (TPSA) is 63.0 Å². The third-order valence-corrected chi connectivity index (χ3v) is 5.28. The second-order valence-electron chi connectivity index (χ2n) is 4.87. The summed E-state index contributed by atoms with van der Waals surface area (Å²) in [6, 6.07) is 5.72. The molecular weight excluding hydrogens is 316 g/mol. The van der Waals surface area contributed by atoms with Crippen LogP contribution >= 0.6 is 23.1 Å². The second-order valence-corrected chi connectivity index (χ2v) is 6.87. The molecule has 1 unspecified atom stereocenters. The van der Waals surface area contributed by atoms with Crippen molar-refractivity contribution in [3.8, 4) is 5.75 Å². The Hall–Kier alpha value is -1.92. The Morgan fingerprint density at radius 2 is 2.23 bits per heavy atom. The molecule has 0 aliphatic carbocycles. The van der Waals surface area contributed by atoms with E-state index in [9.17, 15) is 4.79 Å². The minimum absolute atomic E-state index is 0.0415. The van der Waals surface area contributed by atoms with Gasteiger partial charge < -0.3 is 4.74 Å². The van der Waals surface area contributed by atoms with Gasteiger partial charge in [-0.15, -0.1) is 11.3 Å². The standard InChI is InChI=1S/C16H14N2O2S2/c1-9-7-11(20-2)4-3-10(9)8-12-14(19)13(15(17)22-12)16-18-5-6-21-16/h3-8,13,17H,1-2H3. The third-order valence-electron chi connectivity index (χ3n) is 3.45. The number of nitrogens with zero attached hydrogens (tertiary/aromatic N) is 1. The van der Waals surface area contributed by atoms with Crippen LogP contribution in [0, 0.1) is 12.3 Å². The molecule has 112 valence electrons. The van der Waals surface area contributed by atoms with Crippen LogP contribution < -0.4 is 4.74 Å². The number of ether oxygens (including phenoxy) is 1. The first-order chi connectivity index (χ1) is 10.6. The molecule has 0 amide bonds. The number of thiazole rings is 1. The van der Waals surface area contributed by atoms with Gasteiger partial charge in [-0.3, -0.25) is 10.2 Å². The van der Waals surface area contributed by atoms with Crippen molar-refractivity contribution >= 4 is 40.0 Å². The van der Waals surface area contributed by atoms with E-state index in [4.69, 9.17) is 10.1 Å². The van der Waals surface area contributed by atoms with Gasteiger partial charge in [-0.25, -0.2) is 4.98 Å². The fourth-order valence-corrected chi connectivity index (χ4v) is 4.07. The van der Waals surface area contributed by atoms with Crippen molar-refractivity contribution in [3.05, 3.63) is 50.8 Å². The fourth-order valence-electron chi connectivity index (χ4n) is 2.27. The number of aromatic nitrogens is 1. The lowest BCUT2D eigenvalue weighted by molar-refractivity contribution is -0.114. The Kier molecular flexibility index (Phi) is 4.13. The van der Waals surface area contributed by atoms with Crippen LogP contribution in [0.15, 0.2) is 34.7 Å². The van der Waals surface area contributed by atoms with Gasteiger partial charge in [0.2, 0.25) is 0 Å². The van der Waals surface area contributed by atoms with Crippen LogP contribution in [0.25, 0.3) is 6.08 Å². The van der Waals surface area contributed by atoms with Crippen LogP contribution in [0.5, 0.6) is 5.75 Å². The molecule has 1 fully saturated rings. The highest BCUT2D eigenvalue weighted by Crippen LogP contribution is 2.41. The Morgan fingerprint density at radius 1 is 1.41 bits per heavy atom. The van der Waals surface area contributed by atoms with E-state index in [1.807, 2.05) is 36.6 Å². The summed E-state index contributed by atoms with van der Waals surface area (Å²) in [5, 5.41) is 10.9. The maximum atomic E-state index is 12.6. The smallest absolute Gasteiger partial charge is 0.186 e. The molecule has 3 rings (SSSR count). The van der Waals surface area contributed by atoms with Crippen molar-refractivity contribution in [1.29, 1.82) is 5.41 Å². The van der Waals surface area contributed by atoms with Gasteiger partial charge >= 0.3 is 0 Å². The van der Waals surface area contributed by atoms with Crippen molar-refractivity contribution in [1.82, 2.24) is 4.98 Å². The first-order valence-electron chi connectivity index (χ1n) is 6.66. The zero-order chi connectivity index (χ0) is 15.7. The molecule has 1 aliphatic heterocycles. The second kappa shape index (κ2) is 6.06. The van der Waals surface area contributed by atoms with Crippen molar-refractivity contribution < 1.29 is 9.53 Å². The van der Waals surface area contributed by atoms with Gasteiger partial charge in [-0.1, -0.05) is 17.8 Å². The molecular formula is C16H14N2O2S2. The summed E-state index contributed by atoms with van der Waals surface area (Å²) in [4.78, 5) is 17.3. The van der Waals surface area contributed by atoms with Gasteiger partial charge in [-0.2, -0.15) is 0 Å². The van der Waals surface area contributed by atoms with Crippen molar-refractivity contribution in [2.24, 2.45) is 0 Å². The largest absolute Gasteiger partial charge is 0.497 e. The van der Waals surface area contributed by atoms with E-state index in [2.05, 4.69) is 4.98 Å². The lowest BCUT2D eigenvalue weighted by Gasteiger charge is -2.05. The summed E-state index contributed by atoms with van der Waals surface area (Å²) in [5.41, 5.74) is 1.99. The number of Topliss-reactive ketones (excluding diaryl/α,β-unsaturated/α-hetero) is 1. The molecule has 1 saturated heterocycles. The van der Waals surface area contributed by atoms with Gasteiger partial charge in [-0.05, 0) is 36.3 Å². The maximum Gasteiger partial charge on any atom is 0.186 e. The highest BCUT2D eigenvalue weighted by atomic mass is 32.2. The molecule has 0 bridgehead atoms. The molecule has 1 aromatic carbocycles. The summed E-state index contributed by atoms with van der Waals surface area (Å²) in [5.74, 6) is 0.216. The number of thioether (sulfide) groups is 1. The van der Waals surface area contributed by atoms with Crippen molar-refractivity contribution in [3.63, 3.8) is 0 Å². The number of hydrogen-bond acceptors (Lipinski definition) is 6. The number of aryl methyl sites for hydroxylation is 1. The number of nitrogens with one attached hydrogen (secondary N) is 1. The molecule has 0 saturated carbocycles. The lowest BCUT2D eigenvalue weighted by atomic mass is 10.0. The Morgan fingerprint density at radius 3 is 2.86 bits per heavy atom. The number of allylic oxidation sites excluding steroid dienone is 1.